The van der Waals surface area contributed by atoms with E-state index >= 15 is 0 Å². The molecule has 140 valence electrons. The second kappa shape index (κ2) is 9.53. The maximum absolute atomic E-state index is 12.0. The number of carbonyl (C=O) groups excluding carboxylic acids is 2. The van der Waals surface area contributed by atoms with Gasteiger partial charge in [-0.2, -0.15) is 0 Å². The highest BCUT2D eigenvalue weighted by Gasteiger charge is 2.10. The normalized spacial score (nSPS) is 10.7. The molecule has 0 saturated carbocycles. The molecule has 0 spiro atoms. The lowest BCUT2D eigenvalue weighted by Crippen LogP contribution is -2.21. The Bertz CT molecular complexity index is 907. The molecule has 0 saturated heterocycles. The number of aromatic nitrogens is 1. The summed E-state index contributed by atoms with van der Waals surface area (Å²) < 4.78 is 6.22. The first-order valence-corrected chi connectivity index (χ1v) is 10.6. The van der Waals surface area contributed by atoms with Crippen molar-refractivity contribution in [2.45, 2.75) is 24.2 Å². The van der Waals surface area contributed by atoms with Gasteiger partial charge < -0.3 is 10.1 Å². The van der Waals surface area contributed by atoms with Crippen LogP contribution >= 0.6 is 23.1 Å². The molecule has 0 aliphatic heterocycles. The Morgan fingerprint density at radius 2 is 1.93 bits per heavy atom. The van der Waals surface area contributed by atoms with Crippen LogP contribution in [0.3, 0.4) is 0 Å². The van der Waals surface area contributed by atoms with Crippen LogP contribution in [0.1, 0.15) is 17.8 Å². The van der Waals surface area contributed by atoms with Crippen LogP contribution in [0, 0.1) is 0 Å². The Hall–Kier alpha value is -2.38. The molecule has 1 aromatic heterocycles. The molecule has 3 rings (SSSR count). The first-order chi connectivity index (χ1) is 13.2. The smallest absolute Gasteiger partial charge is 0.306 e. The highest BCUT2D eigenvalue weighted by Crippen LogP contribution is 2.24. The molecule has 1 heterocycles. The van der Waals surface area contributed by atoms with E-state index in [-0.39, 0.29) is 24.9 Å². The van der Waals surface area contributed by atoms with Crippen molar-refractivity contribution in [1.29, 1.82) is 0 Å². The molecule has 5 nitrogen and oxygen atoms in total. The van der Waals surface area contributed by atoms with Crippen LogP contribution in [0.25, 0.3) is 10.2 Å². The number of rotatable bonds is 8. The predicted octanol–water partition coefficient (Wildman–Crippen LogP) is 4.52. The number of anilines is 1. The number of thioether (sulfide) groups is 1. The van der Waals surface area contributed by atoms with Gasteiger partial charge in [0.05, 0.1) is 20.9 Å². The fraction of sp³-hybridized carbons (Fsp3) is 0.250. The van der Waals surface area contributed by atoms with Gasteiger partial charge in [0.2, 0.25) is 0 Å². The van der Waals surface area contributed by atoms with E-state index in [1.807, 2.05) is 54.8 Å². The fourth-order valence-electron chi connectivity index (χ4n) is 2.56. The van der Waals surface area contributed by atoms with Gasteiger partial charge in [0.25, 0.3) is 5.91 Å². The van der Waals surface area contributed by atoms with Gasteiger partial charge in [-0.3, -0.25) is 9.59 Å². The second-order valence-electron chi connectivity index (χ2n) is 5.84. The molecule has 0 aliphatic rings. The molecule has 27 heavy (non-hydrogen) atoms. The molecule has 7 heteroatoms. The lowest BCUT2D eigenvalue weighted by molar-refractivity contribution is -0.147. The van der Waals surface area contributed by atoms with Crippen LogP contribution in [0.5, 0.6) is 0 Å². The van der Waals surface area contributed by atoms with Crippen molar-refractivity contribution < 1.29 is 14.3 Å². The van der Waals surface area contributed by atoms with Crippen molar-refractivity contribution in [2.24, 2.45) is 0 Å². The monoisotopic (exact) mass is 400 g/mol. The summed E-state index contributed by atoms with van der Waals surface area (Å²) in [4.78, 5) is 29.3. The molecular weight excluding hydrogens is 380 g/mol. The van der Waals surface area contributed by atoms with Crippen LogP contribution in [0.15, 0.2) is 53.4 Å². The fourth-order valence-corrected chi connectivity index (χ4v) is 4.13. The number of hydrogen-bond acceptors (Lipinski definition) is 6. The number of fused-ring (bicyclic) bond motifs is 1. The average Bonchev–Trinajstić information content (AvgIpc) is 3.09. The zero-order chi connectivity index (χ0) is 19.1. The minimum atomic E-state index is -0.371. The molecule has 1 N–H and O–H groups in total. The summed E-state index contributed by atoms with van der Waals surface area (Å²) in [6.07, 6.45) is 3.58. The Kier molecular flexibility index (Phi) is 6.84. The van der Waals surface area contributed by atoms with Crippen molar-refractivity contribution in [3.8, 4) is 0 Å². The van der Waals surface area contributed by atoms with Gasteiger partial charge in [0.1, 0.15) is 0 Å². The maximum atomic E-state index is 12.0. The van der Waals surface area contributed by atoms with E-state index in [1.165, 1.54) is 0 Å². The van der Waals surface area contributed by atoms with Gasteiger partial charge >= 0.3 is 5.97 Å². The van der Waals surface area contributed by atoms with E-state index in [9.17, 15) is 9.59 Å². The van der Waals surface area contributed by atoms with Gasteiger partial charge in [0, 0.05) is 11.3 Å². The third-order valence-electron chi connectivity index (χ3n) is 3.86. The van der Waals surface area contributed by atoms with Crippen molar-refractivity contribution in [1.82, 2.24) is 4.98 Å². The number of para-hydroxylation sites is 2. The van der Waals surface area contributed by atoms with Crippen molar-refractivity contribution >= 4 is 50.9 Å². The second-order valence-corrected chi connectivity index (χ2v) is 7.80. The number of nitrogens with one attached hydrogen (secondary N) is 1. The number of nitrogens with zero attached hydrogens (tertiary/aromatic N) is 1. The Morgan fingerprint density at radius 1 is 1.15 bits per heavy atom. The molecule has 0 bridgehead atoms. The van der Waals surface area contributed by atoms with E-state index in [2.05, 4.69) is 10.3 Å². The first kappa shape index (κ1) is 19.4. The van der Waals surface area contributed by atoms with E-state index in [0.717, 1.165) is 32.2 Å². The summed E-state index contributed by atoms with van der Waals surface area (Å²) in [5.74, 6) is -0.708. The number of carbonyl (C=O) groups is 2. The number of aryl methyl sites for hydroxylation is 1. The number of benzene rings is 2. The Labute approximate surface area is 166 Å². The molecule has 0 aliphatic carbocycles. The quantitative estimate of drug-likeness (QED) is 0.445. The molecule has 2 aromatic carbocycles. The van der Waals surface area contributed by atoms with E-state index in [1.54, 1.807) is 23.1 Å². The van der Waals surface area contributed by atoms with Crippen LogP contribution in [0.4, 0.5) is 5.69 Å². The minimum Gasteiger partial charge on any atom is -0.456 e. The molecular formula is C20H20N2O3S2. The average molecular weight is 401 g/mol. The SMILES string of the molecule is CSc1ccccc1NC(=O)COC(=O)CCCc1nc2ccccc2s1. The largest absolute Gasteiger partial charge is 0.456 e. The number of hydrogen-bond donors (Lipinski definition) is 1. The number of ether oxygens (including phenoxy) is 1. The molecule has 0 fully saturated rings. The molecule has 1 amide bonds. The van der Waals surface area contributed by atoms with Crippen LogP contribution in [0.2, 0.25) is 0 Å². The van der Waals surface area contributed by atoms with Gasteiger partial charge in [0.15, 0.2) is 6.61 Å². The van der Waals surface area contributed by atoms with Crippen LogP contribution in [-0.2, 0) is 20.7 Å². The van der Waals surface area contributed by atoms with E-state index in [4.69, 9.17) is 4.74 Å². The minimum absolute atomic E-state index is 0.268. The molecule has 3 aromatic rings. The maximum Gasteiger partial charge on any atom is 0.306 e. The van der Waals surface area contributed by atoms with Gasteiger partial charge in [-0.1, -0.05) is 24.3 Å². The summed E-state index contributed by atoms with van der Waals surface area (Å²) in [6.45, 7) is -0.275. The molecule has 0 unspecified atom stereocenters. The first-order valence-electron chi connectivity index (χ1n) is 8.58. The Balaban J connectivity index is 1.39. The summed E-state index contributed by atoms with van der Waals surface area (Å²) in [5.41, 5.74) is 1.71. The van der Waals surface area contributed by atoms with Crippen LogP contribution < -0.4 is 5.32 Å². The van der Waals surface area contributed by atoms with Crippen molar-refractivity contribution in [3.05, 3.63) is 53.5 Å². The van der Waals surface area contributed by atoms with Gasteiger partial charge in [-0.05, 0) is 43.4 Å². The van der Waals surface area contributed by atoms with Gasteiger partial charge in [-0.15, -0.1) is 23.1 Å². The lowest BCUT2D eigenvalue weighted by atomic mass is 10.2. The number of thiazole rings is 1. The molecule has 0 atom stereocenters. The summed E-state index contributed by atoms with van der Waals surface area (Å²) in [6, 6.07) is 15.5. The van der Waals surface area contributed by atoms with E-state index < -0.39 is 0 Å². The third-order valence-corrected chi connectivity index (χ3v) is 5.75. The standard InChI is InChI=1S/C20H20N2O3S2/c1-26-16-9-4-2-7-14(16)21-18(23)13-25-20(24)12-6-11-19-22-15-8-3-5-10-17(15)27-19/h2-5,7-10H,6,11-13H2,1H3,(H,21,23). The van der Waals surface area contributed by atoms with Gasteiger partial charge in [-0.25, -0.2) is 4.98 Å². The Morgan fingerprint density at radius 3 is 2.74 bits per heavy atom. The summed E-state index contributed by atoms with van der Waals surface area (Å²) in [5, 5.41) is 3.78. The zero-order valence-corrected chi connectivity index (χ0v) is 16.6. The zero-order valence-electron chi connectivity index (χ0n) is 14.9. The van der Waals surface area contributed by atoms with Crippen LogP contribution in [-0.4, -0.2) is 29.7 Å². The van der Waals surface area contributed by atoms with E-state index in [0.29, 0.717) is 6.42 Å². The number of amides is 1. The summed E-state index contributed by atoms with van der Waals surface area (Å²) in [7, 11) is 0. The molecule has 0 radical (unpaired) electrons. The lowest BCUT2D eigenvalue weighted by Gasteiger charge is -2.09. The van der Waals surface area contributed by atoms with Crippen molar-refractivity contribution in [3.63, 3.8) is 0 Å². The van der Waals surface area contributed by atoms with Crippen molar-refractivity contribution in [2.75, 3.05) is 18.2 Å². The number of esters is 1. The highest BCUT2D eigenvalue weighted by molar-refractivity contribution is 7.98. The highest BCUT2D eigenvalue weighted by atomic mass is 32.2. The summed E-state index contributed by atoms with van der Waals surface area (Å²) >= 11 is 3.19. The topological polar surface area (TPSA) is 68.3 Å². The predicted molar refractivity (Wildman–Crippen MR) is 110 cm³/mol. The third kappa shape index (κ3) is 5.55.